The Balaban J connectivity index is 3.11. The van der Waals surface area contributed by atoms with Gasteiger partial charge in [0.15, 0.2) is 0 Å². The van der Waals surface area contributed by atoms with Crippen LogP contribution in [0.5, 0.6) is 5.75 Å². The van der Waals surface area contributed by atoms with Crippen LogP contribution in [0.25, 0.3) is 6.08 Å². The van der Waals surface area contributed by atoms with Crippen LogP contribution in [0.2, 0.25) is 0 Å². The number of hydrogen-bond acceptors (Lipinski definition) is 1. The Kier molecular flexibility index (Phi) is 4.60. The standard InChI is InChI=1S/C15H22O/c1-6-13(11(2)3)9-14-10-15(16-5)8-7-12(14)4/h7-11H,6H2,1-5H3/b13-9+. The van der Waals surface area contributed by atoms with Crippen molar-refractivity contribution >= 4 is 6.08 Å². The normalized spacial score (nSPS) is 12.0. The van der Waals surface area contributed by atoms with Crippen LogP contribution in [0.4, 0.5) is 0 Å². The molecule has 0 aliphatic rings. The van der Waals surface area contributed by atoms with Gasteiger partial charge in [0.25, 0.3) is 0 Å². The predicted octanol–water partition coefficient (Wildman–Crippen LogP) is 4.45. The van der Waals surface area contributed by atoms with Gasteiger partial charge >= 0.3 is 0 Å². The molecule has 0 saturated carbocycles. The fraction of sp³-hybridized carbons (Fsp3) is 0.467. The molecule has 0 N–H and O–H groups in total. The summed E-state index contributed by atoms with van der Waals surface area (Å²) in [6.45, 7) is 8.83. The Morgan fingerprint density at radius 2 is 2.06 bits per heavy atom. The second kappa shape index (κ2) is 5.74. The maximum atomic E-state index is 5.26. The highest BCUT2D eigenvalue weighted by Crippen LogP contribution is 2.23. The number of aryl methyl sites for hydroxylation is 1. The van der Waals surface area contributed by atoms with E-state index in [9.17, 15) is 0 Å². The lowest BCUT2D eigenvalue weighted by molar-refractivity contribution is 0.414. The first-order valence-corrected chi connectivity index (χ1v) is 5.93. The van der Waals surface area contributed by atoms with Crippen LogP contribution in [0.3, 0.4) is 0 Å². The number of ether oxygens (including phenoxy) is 1. The molecule has 0 aliphatic carbocycles. The summed E-state index contributed by atoms with van der Waals surface area (Å²) in [5.74, 6) is 1.53. The van der Waals surface area contributed by atoms with E-state index in [1.165, 1.54) is 16.7 Å². The van der Waals surface area contributed by atoms with Crippen LogP contribution >= 0.6 is 0 Å². The van der Waals surface area contributed by atoms with Gasteiger partial charge in [-0.2, -0.15) is 0 Å². The maximum Gasteiger partial charge on any atom is 0.119 e. The van der Waals surface area contributed by atoms with E-state index in [0.29, 0.717) is 5.92 Å². The van der Waals surface area contributed by atoms with Crippen molar-refractivity contribution in [2.45, 2.75) is 34.1 Å². The molecule has 0 radical (unpaired) electrons. The zero-order valence-electron chi connectivity index (χ0n) is 11.0. The Morgan fingerprint density at radius 3 is 2.56 bits per heavy atom. The van der Waals surface area contributed by atoms with Crippen molar-refractivity contribution < 1.29 is 4.74 Å². The van der Waals surface area contributed by atoms with Crippen LogP contribution in [0, 0.1) is 12.8 Å². The fourth-order valence-corrected chi connectivity index (χ4v) is 1.78. The van der Waals surface area contributed by atoms with Gasteiger partial charge < -0.3 is 4.74 Å². The molecule has 16 heavy (non-hydrogen) atoms. The molecule has 0 aliphatic heterocycles. The topological polar surface area (TPSA) is 9.23 Å². The molecule has 1 nitrogen and oxygen atoms in total. The van der Waals surface area contributed by atoms with E-state index in [2.05, 4.69) is 45.9 Å². The lowest BCUT2D eigenvalue weighted by Crippen LogP contribution is -1.93. The first-order chi connectivity index (χ1) is 7.58. The molecule has 1 aromatic carbocycles. The van der Waals surface area contributed by atoms with Crippen molar-refractivity contribution in [2.24, 2.45) is 5.92 Å². The molecule has 0 unspecified atom stereocenters. The van der Waals surface area contributed by atoms with E-state index >= 15 is 0 Å². The monoisotopic (exact) mass is 218 g/mol. The average molecular weight is 218 g/mol. The summed E-state index contributed by atoms with van der Waals surface area (Å²) in [4.78, 5) is 0. The highest BCUT2D eigenvalue weighted by Gasteiger charge is 2.03. The smallest absolute Gasteiger partial charge is 0.119 e. The van der Waals surface area contributed by atoms with Crippen LogP contribution in [0.15, 0.2) is 23.8 Å². The zero-order chi connectivity index (χ0) is 12.1. The SMILES string of the molecule is CC/C(=C\c1cc(OC)ccc1C)C(C)C. The average Bonchev–Trinajstić information content (AvgIpc) is 2.27. The number of methoxy groups -OCH3 is 1. The highest BCUT2D eigenvalue weighted by molar-refractivity contribution is 5.58. The molecule has 0 fully saturated rings. The van der Waals surface area contributed by atoms with Gasteiger partial charge in [0.1, 0.15) is 5.75 Å². The van der Waals surface area contributed by atoms with Crippen LogP contribution in [-0.4, -0.2) is 7.11 Å². The lowest BCUT2D eigenvalue weighted by Gasteiger charge is -2.11. The molecule has 0 amide bonds. The molecular weight excluding hydrogens is 196 g/mol. The summed E-state index contributed by atoms with van der Waals surface area (Å²) in [7, 11) is 1.71. The Bertz CT molecular complexity index is 375. The van der Waals surface area contributed by atoms with E-state index in [-0.39, 0.29) is 0 Å². The van der Waals surface area contributed by atoms with Crippen molar-refractivity contribution in [3.63, 3.8) is 0 Å². The van der Waals surface area contributed by atoms with Crippen molar-refractivity contribution in [2.75, 3.05) is 7.11 Å². The highest BCUT2D eigenvalue weighted by atomic mass is 16.5. The minimum Gasteiger partial charge on any atom is -0.497 e. The van der Waals surface area contributed by atoms with E-state index < -0.39 is 0 Å². The second-order valence-corrected chi connectivity index (χ2v) is 4.45. The Hall–Kier alpha value is -1.24. The summed E-state index contributed by atoms with van der Waals surface area (Å²) in [6.07, 6.45) is 3.40. The molecule has 0 bridgehead atoms. The molecule has 0 atom stereocenters. The molecule has 0 saturated heterocycles. The minimum absolute atomic E-state index is 0.607. The minimum atomic E-state index is 0.607. The summed E-state index contributed by atoms with van der Waals surface area (Å²) >= 11 is 0. The summed E-state index contributed by atoms with van der Waals surface area (Å²) in [6, 6.07) is 6.22. The van der Waals surface area contributed by atoms with Crippen molar-refractivity contribution in [3.8, 4) is 5.75 Å². The van der Waals surface area contributed by atoms with Gasteiger partial charge in [-0.3, -0.25) is 0 Å². The molecule has 1 heteroatoms. The molecule has 0 heterocycles. The number of hydrogen-bond donors (Lipinski definition) is 0. The van der Waals surface area contributed by atoms with Crippen LogP contribution in [-0.2, 0) is 0 Å². The van der Waals surface area contributed by atoms with Crippen molar-refractivity contribution in [3.05, 3.63) is 34.9 Å². The van der Waals surface area contributed by atoms with E-state index in [0.717, 1.165) is 12.2 Å². The Morgan fingerprint density at radius 1 is 1.38 bits per heavy atom. The van der Waals surface area contributed by atoms with Gasteiger partial charge in [0.2, 0.25) is 0 Å². The third kappa shape index (κ3) is 3.13. The Labute approximate surface area is 99.1 Å². The van der Waals surface area contributed by atoms with Gasteiger partial charge in [-0.25, -0.2) is 0 Å². The van der Waals surface area contributed by atoms with Gasteiger partial charge in [0, 0.05) is 0 Å². The predicted molar refractivity (Wildman–Crippen MR) is 70.8 cm³/mol. The molecule has 0 aromatic heterocycles. The van der Waals surface area contributed by atoms with Gasteiger partial charge in [0.05, 0.1) is 7.11 Å². The van der Waals surface area contributed by atoms with E-state index in [1.807, 2.05) is 6.07 Å². The number of benzene rings is 1. The number of rotatable bonds is 4. The summed E-state index contributed by atoms with van der Waals surface area (Å²) in [5.41, 5.74) is 4.05. The summed E-state index contributed by atoms with van der Waals surface area (Å²) in [5, 5.41) is 0. The molecule has 1 aromatic rings. The molecule has 88 valence electrons. The van der Waals surface area contributed by atoms with Crippen LogP contribution < -0.4 is 4.74 Å². The number of allylic oxidation sites excluding steroid dienone is 1. The van der Waals surface area contributed by atoms with E-state index in [1.54, 1.807) is 7.11 Å². The van der Waals surface area contributed by atoms with Gasteiger partial charge in [-0.05, 0) is 42.5 Å². The fourth-order valence-electron chi connectivity index (χ4n) is 1.78. The third-order valence-electron chi connectivity index (χ3n) is 2.98. The van der Waals surface area contributed by atoms with Crippen molar-refractivity contribution in [1.82, 2.24) is 0 Å². The summed E-state index contributed by atoms with van der Waals surface area (Å²) < 4.78 is 5.26. The molecule has 1 rings (SSSR count). The lowest BCUT2D eigenvalue weighted by atomic mass is 9.96. The van der Waals surface area contributed by atoms with Gasteiger partial charge in [-0.1, -0.05) is 38.5 Å². The quantitative estimate of drug-likeness (QED) is 0.725. The first-order valence-electron chi connectivity index (χ1n) is 5.93. The van der Waals surface area contributed by atoms with E-state index in [4.69, 9.17) is 4.74 Å². The third-order valence-corrected chi connectivity index (χ3v) is 2.98. The van der Waals surface area contributed by atoms with Crippen LogP contribution in [0.1, 0.15) is 38.3 Å². The maximum absolute atomic E-state index is 5.26. The first kappa shape index (κ1) is 12.8. The second-order valence-electron chi connectivity index (χ2n) is 4.45. The molecule has 0 spiro atoms. The largest absolute Gasteiger partial charge is 0.497 e. The van der Waals surface area contributed by atoms with Crippen molar-refractivity contribution in [1.29, 1.82) is 0 Å². The molecular formula is C15H22O. The van der Waals surface area contributed by atoms with Gasteiger partial charge in [-0.15, -0.1) is 0 Å². The zero-order valence-corrected chi connectivity index (χ0v) is 11.0.